The van der Waals surface area contributed by atoms with Crippen molar-refractivity contribution in [2.24, 2.45) is 0 Å². The number of nitrogens with one attached hydrogen (secondary N) is 1. The third-order valence-corrected chi connectivity index (χ3v) is 2.14. The molecule has 0 aromatic carbocycles. The third-order valence-electron chi connectivity index (χ3n) is 1.77. The smallest absolute Gasteiger partial charge is 0.0590 e. The lowest BCUT2D eigenvalue weighted by Gasteiger charge is -2.14. The lowest BCUT2D eigenvalue weighted by Crippen LogP contribution is -2.31. The molecule has 3 heteroatoms. The van der Waals surface area contributed by atoms with E-state index in [2.05, 4.69) is 42.0 Å². The summed E-state index contributed by atoms with van der Waals surface area (Å²) < 4.78 is 5.36. The summed E-state index contributed by atoms with van der Waals surface area (Å²) in [4.78, 5) is 0.589. The Morgan fingerprint density at radius 3 is 2.54 bits per heavy atom. The van der Waals surface area contributed by atoms with Crippen LogP contribution < -0.4 is 5.32 Å². The highest BCUT2D eigenvalue weighted by Crippen LogP contribution is 2.05. The Balaban J connectivity index is 3.12. The van der Waals surface area contributed by atoms with Gasteiger partial charge in [-0.1, -0.05) is 29.8 Å². The Morgan fingerprint density at radius 2 is 2.00 bits per heavy atom. The second kappa shape index (κ2) is 8.97. The van der Waals surface area contributed by atoms with Crippen LogP contribution in [0.1, 0.15) is 33.6 Å². The largest absolute Gasteiger partial charge is 0.380 e. The van der Waals surface area contributed by atoms with Gasteiger partial charge in [0.1, 0.15) is 0 Å². The number of alkyl halides is 1. The Hall–Kier alpha value is 0.400. The fourth-order valence-electron chi connectivity index (χ4n) is 1.19. The van der Waals surface area contributed by atoms with Gasteiger partial charge in [0.25, 0.3) is 0 Å². The van der Waals surface area contributed by atoms with Gasteiger partial charge < -0.3 is 10.1 Å². The van der Waals surface area contributed by atoms with E-state index in [0.29, 0.717) is 10.9 Å². The predicted octanol–water partition coefficient (Wildman–Crippen LogP) is 2.56. The molecule has 0 saturated heterocycles. The topological polar surface area (TPSA) is 21.3 Å². The number of ether oxygens (including phenoxy) is 1. The summed E-state index contributed by atoms with van der Waals surface area (Å²) in [6.07, 6.45) is 2.27. The molecule has 2 unspecified atom stereocenters. The molecular formula is C10H22BrNO. The summed E-state index contributed by atoms with van der Waals surface area (Å²) in [5.74, 6) is 0. The normalized spacial score (nSPS) is 15.7. The molecule has 0 bridgehead atoms. The molecule has 0 amide bonds. The number of rotatable bonds is 8. The molecule has 0 saturated carbocycles. The van der Waals surface area contributed by atoms with Gasteiger partial charge in [0, 0.05) is 24.0 Å². The molecule has 13 heavy (non-hydrogen) atoms. The number of halogens is 1. The lowest BCUT2D eigenvalue weighted by molar-refractivity contribution is 0.134. The van der Waals surface area contributed by atoms with Crippen LogP contribution in [0.15, 0.2) is 0 Å². The van der Waals surface area contributed by atoms with Crippen LogP contribution in [0.3, 0.4) is 0 Å². The molecule has 0 fully saturated rings. The van der Waals surface area contributed by atoms with Crippen LogP contribution in [0.5, 0.6) is 0 Å². The zero-order valence-corrected chi connectivity index (χ0v) is 10.6. The SMILES string of the molecule is CCCOCCNC(C)CC(C)Br. The first kappa shape index (κ1) is 13.4. The van der Waals surface area contributed by atoms with Crippen LogP contribution in [0, 0.1) is 0 Å². The van der Waals surface area contributed by atoms with E-state index in [1.54, 1.807) is 0 Å². The molecule has 0 aliphatic carbocycles. The van der Waals surface area contributed by atoms with Gasteiger partial charge in [0.05, 0.1) is 6.61 Å². The maximum Gasteiger partial charge on any atom is 0.0590 e. The molecule has 0 spiro atoms. The minimum atomic E-state index is 0.569. The molecule has 2 nitrogen and oxygen atoms in total. The quantitative estimate of drug-likeness (QED) is 0.529. The Labute approximate surface area is 90.6 Å². The van der Waals surface area contributed by atoms with Gasteiger partial charge >= 0.3 is 0 Å². The average Bonchev–Trinajstić information content (AvgIpc) is 2.02. The first-order valence-corrected chi connectivity index (χ1v) is 6.03. The molecule has 0 aromatic rings. The van der Waals surface area contributed by atoms with Gasteiger partial charge in [-0.25, -0.2) is 0 Å². The molecule has 1 N–H and O–H groups in total. The summed E-state index contributed by atoms with van der Waals surface area (Å²) in [6, 6.07) is 0.569. The van der Waals surface area contributed by atoms with E-state index in [4.69, 9.17) is 4.74 Å². The van der Waals surface area contributed by atoms with Crippen molar-refractivity contribution in [2.75, 3.05) is 19.8 Å². The summed E-state index contributed by atoms with van der Waals surface area (Å²) in [5.41, 5.74) is 0. The van der Waals surface area contributed by atoms with Crippen LogP contribution in [-0.4, -0.2) is 30.6 Å². The lowest BCUT2D eigenvalue weighted by atomic mass is 10.2. The van der Waals surface area contributed by atoms with E-state index in [1.807, 2.05) is 0 Å². The summed E-state index contributed by atoms with van der Waals surface area (Å²) in [6.45, 7) is 9.17. The zero-order valence-electron chi connectivity index (χ0n) is 8.98. The van der Waals surface area contributed by atoms with Crippen molar-refractivity contribution in [1.82, 2.24) is 5.32 Å². The Bertz CT molecular complexity index is 109. The van der Waals surface area contributed by atoms with Crippen molar-refractivity contribution in [3.8, 4) is 0 Å². The fourth-order valence-corrected chi connectivity index (χ4v) is 1.76. The number of hydrogen-bond donors (Lipinski definition) is 1. The standard InChI is InChI=1S/C10H22BrNO/c1-4-6-13-7-5-12-10(3)8-9(2)11/h9-10,12H,4-8H2,1-3H3. The van der Waals surface area contributed by atoms with Gasteiger partial charge in [-0.2, -0.15) is 0 Å². The Kier molecular flexibility index (Phi) is 9.25. The molecular weight excluding hydrogens is 230 g/mol. The monoisotopic (exact) mass is 251 g/mol. The van der Waals surface area contributed by atoms with E-state index in [0.717, 1.165) is 32.6 Å². The molecule has 0 heterocycles. The van der Waals surface area contributed by atoms with Gasteiger partial charge in [-0.15, -0.1) is 0 Å². The highest BCUT2D eigenvalue weighted by Gasteiger charge is 2.03. The van der Waals surface area contributed by atoms with Crippen molar-refractivity contribution >= 4 is 15.9 Å². The van der Waals surface area contributed by atoms with Crippen LogP contribution in [0.25, 0.3) is 0 Å². The minimum absolute atomic E-state index is 0.569. The molecule has 80 valence electrons. The van der Waals surface area contributed by atoms with E-state index >= 15 is 0 Å². The van der Waals surface area contributed by atoms with Crippen LogP contribution in [0.2, 0.25) is 0 Å². The molecule has 0 rings (SSSR count). The van der Waals surface area contributed by atoms with Crippen LogP contribution >= 0.6 is 15.9 Å². The molecule has 0 aliphatic heterocycles. The zero-order chi connectivity index (χ0) is 10.1. The predicted molar refractivity (Wildman–Crippen MR) is 61.6 cm³/mol. The van der Waals surface area contributed by atoms with Crippen LogP contribution in [-0.2, 0) is 4.74 Å². The summed E-state index contributed by atoms with van der Waals surface area (Å²) in [5, 5.41) is 3.42. The van der Waals surface area contributed by atoms with Crippen molar-refractivity contribution < 1.29 is 4.74 Å². The maximum atomic E-state index is 5.36. The minimum Gasteiger partial charge on any atom is -0.380 e. The highest BCUT2D eigenvalue weighted by atomic mass is 79.9. The highest BCUT2D eigenvalue weighted by molar-refractivity contribution is 9.09. The van der Waals surface area contributed by atoms with E-state index in [1.165, 1.54) is 0 Å². The van der Waals surface area contributed by atoms with Crippen LogP contribution in [0.4, 0.5) is 0 Å². The van der Waals surface area contributed by atoms with Crippen molar-refractivity contribution in [1.29, 1.82) is 0 Å². The molecule has 0 radical (unpaired) electrons. The average molecular weight is 252 g/mol. The van der Waals surface area contributed by atoms with Crippen molar-refractivity contribution in [2.45, 2.75) is 44.5 Å². The molecule has 2 atom stereocenters. The first-order valence-electron chi connectivity index (χ1n) is 5.12. The van der Waals surface area contributed by atoms with Gasteiger partial charge in [0.15, 0.2) is 0 Å². The molecule has 0 aliphatic rings. The third kappa shape index (κ3) is 10.3. The van der Waals surface area contributed by atoms with E-state index < -0.39 is 0 Å². The van der Waals surface area contributed by atoms with E-state index in [9.17, 15) is 0 Å². The summed E-state index contributed by atoms with van der Waals surface area (Å²) in [7, 11) is 0. The summed E-state index contributed by atoms with van der Waals surface area (Å²) >= 11 is 3.54. The fraction of sp³-hybridized carbons (Fsp3) is 1.00. The second-order valence-electron chi connectivity index (χ2n) is 3.48. The van der Waals surface area contributed by atoms with Gasteiger partial charge in [-0.3, -0.25) is 0 Å². The number of hydrogen-bond acceptors (Lipinski definition) is 2. The van der Waals surface area contributed by atoms with Gasteiger partial charge in [-0.05, 0) is 19.8 Å². The second-order valence-corrected chi connectivity index (χ2v) is 5.05. The van der Waals surface area contributed by atoms with Crippen molar-refractivity contribution in [3.63, 3.8) is 0 Å². The first-order chi connectivity index (χ1) is 6.16. The Morgan fingerprint density at radius 1 is 1.31 bits per heavy atom. The maximum absolute atomic E-state index is 5.36. The van der Waals surface area contributed by atoms with Crippen molar-refractivity contribution in [3.05, 3.63) is 0 Å². The molecule has 0 aromatic heterocycles. The van der Waals surface area contributed by atoms with Gasteiger partial charge in [0.2, 0.25) is 0 Å². The van der Waals surface area contributed by atoms with E-state index in [-0.39, 0.29) is 0 Å².